The number of rotatable bonds is 2. The van der Waals surface area contributed by atoms with Crippen LogP contribution in [0.25, 0.3) is 0 Å². The maximum Gasteiger partial charge on any atom is 0.256 e. The molecule has 0 fully saturated rings. The number of hydrogen-bond acceptors (Lipinski definition) is 3. The maximum absolute atomic E-state index is 12.0. The highest BCUT2D eigenvalue weighted by Crippen LogP contribution is 2.21. The minimum absolute atomic E-state index is 0.215. The zero-order valence-corrected chi connectivity index (χ0v) is 11.1. The molecule has 0 bridgehead atoms. The van der Waals surface area contributed by atoms with Gasteiger partial charge in [0.1, 0.15) is 0 Å². The van der Waals surface area contributed by atoms with Crippen molar-refractivity contribution in [1.82, 2.24) is 0 Å². The first kappa shape index (κ1) is 12.4. The van der Waals surface area contributed by atoms with E-state index in [1.165, 1.54) is 0 Å². The van der Waals surface area contributed by atoms with E-state index in [9.17, 15) is 4.79 Å². The van der Waals surface area contributed by atoms with Gasteiger partial charge in [-0.05, 0) is 52.3 Å². The number of halogens is 1. The number of hydrogen-bond donors (Lipinski definition) is 3. The van der Waals surface area contributed by atoms with Crippen LogP contribution in [-0.2, 0) is 0 Å². The first-order chi connectivity index (χ1) is 8.56. The van der Waals surface area contributed by atoms with E-state index in [4.69, 9.17) is 11.5 Å². The highest BCUT2D eigenvalue weighted by molar-refractivity contribution is 9.10. The van der Waals surface area contributed by atoms with E-state index in [1.807, 2.05) is 0 Å². The average Bonchev–Trinajstić information content (AvgIpc) is 2.28. The van der Waals surface area contributed by atoms with Crippen LogP contribution < -0.4 is 16.8 Å². The summed E-state index contributed by atoms with van der Waals surface area (Å²) < 4.78 is 0.656. The molecule has 0 aromatic heterocycles. The molecule has 5 N–H and O–H groups in total. The number of benzene rings is 2. The number of carbonyl (C=O) groups is 1. The molecule has 0 radical (unpaired) electrons. The number of amides is 1. The van der Waals surface area contributed by atoms with Crippen LogP contribution >= 0.6 is 15.9 Å². The number of carbonyl (C=O) groups excluding carboxylic acids is 1. The van der Waals surface area contributed by atoms with Crippen molar-refractivity contribution in [2.75, 3.05) is 16.8 Å². The Morgan fingerprint density at radius 1 is 1.06 bits per heavy atom. The third-order valence-corrected chi connectivity index (χ3v) is 3.04. The van der Waals surface area contributed by atoms with Gasteiger partial charge >= 0.3 is 0 Å². The summed E-state index contributed by atoms with van der Waals surface area (Å²) in [5.74, 6) is -0.215. The molecule has 1 amide bonds. The normalized spacial score (nSPS) is 10.1. The minimum Gasteiger partial charge on any atom is -0.399 e. The fourth-order valence-corrected chi connectivity index (χ4v) is 2.11. The van der Waals surface area contributed by atoms with Gasteiger partial charge in [0.2, 0.25) is 0 Å². The summed E-state index contributed by atoms with van der Waals surface area (Å²) in [4.78, 5) is 12.0. The van der Waals surface area contributed by atoms with Crippen molar-refractivity contribution in [3.05, 3.63) is 52.5 Å². The third kappa shape index (κ3) is 2.81. The van der Waals surface area contributed by atoms with E-state index in [0.29, 0.717) is 27.1 Å². The van der Waals surface area contributed by atoms with Gasteiger partial charge in [-0.2, -0.15) is 0 Å². The number of nitrogen functional groups attached to an aromatic ring is 2. The van der Waals surface area contributed by atoms with Gasteiger partial charge in [-0.1, -0.05) is 6.07 Å². The zero-order valence-electron chi connectivity index (χ0n) is 9.48. The molecule has 0 aliphatic carbocycles. The topological polar surface area (TPSA) is 81.1 Å². The van der Waals surface area contributed by atoms with Crippen LogP contribution in [0.15, 0.2) is 46.9 Å². The van der Waals surface area contributed by atoms with Gasteiger partial charge in [-0.3, -0.25) is 4.79 Å². The fourth-order valence-electron chi connectivity index (χ4n) is 1.53. The Balaban J connectivity index is 2.22. The van der Waals surface area contributed by atoms with Crippen molar-refractivity contribution in [3.63, 3.8) is 0 Å². The van der Waals surface area contributed by atoms with Crippen LogP contribution in [0.5, 0.6) is 0 Å². The predicted octanol–water partition coefficient (Wildman–Crippen LogP) is 2.87. The minimum atomic E-state index is -0.215. The zero-order chi connectivity index (χ0) is 13.1. The Hall–Kier alpha value is -2.01. The van der Waals surface area contributed by atoms with Crippen LogP contribution in [0.1, 0.15) is 10.4 Å². The summed E-state index contributed by atoms with van der Waals surface area (Å²) in [6.45, 7) is 0. The summed E-state index contributed by atoms with van der Waals surface area (Å²) in [5.41, 5.74) is 13.6. The summed E-state index contributed by atoms with van der Waals surface area (Å²) >= 11 is 3.31. The van der Waals surface area contributed by atoms with Crippen molar-refractivity contribution in [2.45, 2.75) is 0 Å². The van der Waals surface area contributed by atoms with E-state index in [-0.39, 0.29) is 5.91 Å². The molecular weight excluding hydrogens is 294 g/mol. The third-order valence-electron chi connectivity index (χ3n) is 2.38. The molecule has 0 saturated heterocycles. The van der Waals surface area contributed by atoms with Crippen molar-refractivity contribution in [1.29, 1.82) is 0 Å². The van der Waals surface area contributed by atoms with Crippen LogP contribution in [0, 0.1) is 0 Å². The van der Waals surface area contributed by atoms with Crippen LogP contribution in [0.3, 0.4) is 0 Å². The van der Waals surface area contributed by atoms with Gasteiger partial charge in [-0.25, -0.2) is 0 Å². The van der Waals surface area contributed by atoms with E-state index in [2.05, 4.69) is 21.2 Å². The van der Waals surface area contributed by atoms with Crippen molar-refractivity contribution in [3.8, 4) is 0 Å². The van der Waals surface area contributed by atoms with Gasteiger partial charge in [0.05, 0.1) is 5.56 Å². The van der Waals surface area contributed by atoms with Gasteiger partial charge < -0.3 is 16.8 Å². The second-order valence-corrected chi connectivity index (χ2v) is 4.67. The molecule has 92 valence electrons. The second kappa shape index (κ2) is 5.10. The van der Waals surface area contributed by atoms with E-state index in [1.54, 1.807) is 42.5 Å². The first-order valence-electron chi connectivity index (χ1n) is 5.28. The van der Waals surface area contributed by atoms with Gasteiger partial charge in [0, 0.05) is 21.5 Å². The SMILES string of the molecule is Nc1cccc(NC(=O)c2ccc(N)cc2Br)c1. The van der Waals surface area contributed by atoms with Gasteiger partial charge in [0.25, 0.3) is 5.91 Å². The van der Waals surface area contributed by atoms with Gasteiger partial charge in [-0.15, -0.1) is 0 Å². The lowest BCUT2D eigenvalue weighted by molar-refractivity contribution is 0.102. The Bertz CT molecular complexity index is 599. The first-order valence-corrected chi connectivity index (χ1v) is 6.07. The molecule has 0 heterocycles. The number of anilines is 3. The molecule has 0 aliphatic heterocycles. The molecule has 2 rings (SSSR count). The second-order valence-electron chi connectivity index (χ2n) is 3.82. The molecule has 0 spiro atoms. The monoisotopic (exact) mass is 305 g/mol. The maximum atomic E-state index is 12.0. The average molecular weight is 306 g/mol. The Labute approximate surface area is 113 Å². The number of nitrogens with two attached hydrogens (primary N) is 2. The van der Waals surface area contributed by atoms with Crippen molar-refractivity contribution in [2.24, 2.45) is 0 Å². The molecular formula is C13H12BrN3O. The van der Waals surface area contributed by atoms with Crippen molar-refractivity contribution < 1.29 is 4.79 Å². The largest absolute Gasteiger partial charge is 0.399 e. The summed E-state index contributed by atoms with van der Waals surface area (Å²) in [5, 5.41) is 2.77. The summed E-state index contributed by atoms with van der Waals surface area (Å²) in [6.07, 6.45) is 0. The molecule has 0 aliphatic rings. The smallest absolute Gasteiger partial charge is 0.256 e. The van der Waals surface area contributed by atoms with E-state index >= 15 is 0 Å². The van der Waals surface area contributed by atoms with Crippen LogP contribution in [-0.4, -0.2) is 5.91 Å². The van der Waals surface area contributed by atoms with Gasteiger partial charge in [0.15, 0.2) is 0 Å². The Morgan fingerprint density at radius 3 is 2.44 bits per heavy atom. The molecule has 5 heteroatoms. The van der Waals surface area contributed by atoms with E-state index in [0.717, 1.165) is 0 Å². The lowest BCUT2D eigenvalue weighted by Gasteiger charge is -2.08. The number of nitrogens with one attached hydrogen (secondary N) is 1. The quantitative estimate of drug-likeness (QED) is 0.746. The predicted molar refractivity (Wildman–Crippen MR) is 77.4 cm³/mol. The molecule has 0 atom stereocenters. The summed E-state index contributed by atoms with van der Waals surface area (Å²) in [6, 6.07) is 12.1. The summed E-state index contributed by atoms with van der Waals surface area (Å²) in [7, 11) is 0. The molecule has 2 aromatic carbocycles. The van der Waals surface area contributed by atoms with Crippen LogP contribution in [0.4, 0.5) is 17.1 Å². The lowest BCUT2D eigenvalue weighted by atomic mass is 10.2. The Morgan fingerprint density at radius 2 is 1.78 bits per heavy atom. The van der Waals surface area contributed by atoms with E-state index < -0.39 is 0 Å². The fraction of sp³-hybridized carbons (Fsp3) is 0. The lowest BCUT2D eigenvalue weighted by Crippen LogP contribution is -2.12. The van der Waals surface area contributed by atoms with Crippen LogP contribution in [0.2, 0.25) is 0 Å². The molecule has 0 saturated carbocycles. The molecule has 4 nitrogen and oxygen atoms in total. The van der Waals surface area contributed by atoms with Crippen molar-refractivity contribution >= 4 is 38.9 Å². The molecule has 2 aromatic rings. The molecule has 18 heavy (non-hydrogen) atoms. The molecule has 0 unspecified atom stereocenters. The standard InChI is InChI=1S/C13H12BrN3O/c14-12-7-9(16)4-5-11(12)13(18)17-10-3-1-2-8(15)6-10/h1-7H,15-16H2,(H,17,18). The highest BCUT2D eigenvalue weighted by Gasteiger charge is 2.10. The Kier molecular flexibility index (Phi) is 3.53. The highest BCUT2D eigenvalue weighted by atomic mass is 79.9.